The average molecular weight is 730 g/mol. The maximum absolute atomic E-state index is 13.6. The highest BCUT2D eigenvalue weighted by Gasteiger charge is 2.53. The summed E-state index contributed by atoms with van der Waals surface area (Å²) >= 11 is 0. The summed E-state index contributed by atoms with van der Waals surface area (Å²) in [4.78, 5) is 69.7. The van der Waals surface area contributed by atoms with Gasteiger partial charge >= 0.3 is 0 Å². The number of aromatic nitrogens is 3. The van der Waals surface area contributed by atoms with Crippen LogP contribution in [0.25, 0.3) is 0 Å². The summed E-state index contributed by atoms with van der Waals surface area (Å²) in [5.74, 6) is -2.13. The van der Waals surface area contributed by atoms with Gasteiger partial charge in [-0.3, -0.25) is 33.6 Å². The number of likely N-dealkylation sites (tertiary alicyclic amines) is 1. The molecule has 2 fully saturated rings. The lowest BCUT2D eigenvalue weighted by atomic mass is 10.0. The molecule has 2 aromatic carbocycles. The Hall–Kier alpha value is -5.35. The topological polar surface area (TPSA) is 209 Å². The van der Waals surface area contributed by atoms with Gasteiger partial charge in [-0.25, -0.2) is 0 Å². The van der Waals surface area contributed by atoms with Crippen LogP contribution in [0.4, 0.5) is 0 Å². The van der Waals surface area contributed by atoms with Gasteiger partial charge in [-0.15, -0.1) is 5.10 Å². The molecule has 3 aromatic rings. The maximum atomic E-state index is 13.6. The van der Waals surface area contributed by atoms with Crippen molar-refractivity contribution in [2.45, 2.75) is 94.9 Å². The second-order valence-corrected chi connectivity index (χ2v) is 14.3. The summed E-state index contributed by atoms with van der Waals surface area (Å²) in [7, 11) is 1.78. The van der Waals surface area contributed by atoms with E-state index in [1.54, 1.807) is 24.0 Å². The van der Waals surface area contributed by atoms with Crippen LogP contribution in [0.5, 0.6) is 5.75 Å². The number of aliphatic hydroxyl groups is 1. The van der Waals surface area contributed by atoms with Gasteiger partial charge in [0, 0.05) is 32.0 Å². The second-order valence-electron chi connectivity index (χ2n) is 14.3. The Bertz CT molecular complexity index is 1830. The van der Waals surface area contributed by atoms with Crippen molar-refractivity contribution >= 4 is 29.5 Å². The third kappa shape index (κ3) is 9.18. The number of likely N-dealkylation sites (N-methyl/N-ethyl adjacent to an activating group) is 1. The molecule has 3 aliphatic rings. The first-order valence-electron chi connectivity index (χ1n) is 18.0. The quantitative estimate of drug-likeness (QED) is 0.208. The summed E-state index contributed by atoms with van der Waals surface area (Å²) in [6.45, 7) is 4.49. The summed E-state index contributed by atoms with van der Waals surface area (Å²) in [5, 5.41) is 33.0. The predicted octanol–water partition coefficient (Wildman–Crippen LogP) is -0.270. The van der Waals surface area contributed by atoms with E-state index in [0.717, 1.165) is 11.1 Å². The number of fused-ring (bicyclic) bond motifs is 5. The van der Waals surface area contributed by atoms with Crippen molar-refractivity contribution in [3.05, 3.63) is 77.1 Å². The van der Waals surface area contributed by atoms with Gasteiger partial charge in [0.05, 0.1) is 37.1 Å². The number of nitrogens with zero attached hydrogens (tertiary/aromatic N) is 4. The maximum Gasteiger partial charge on any atom is 0.255 e. The number of carbonyl (C=O) groups is 5. The number of aryl methyl sites for hydroxylation is 2. The lowest BCUT2D eigenvalue weighted by Crippen LogP contribution is -2.61. The molecule has 16 heteroatoms. The van der Waals surface area contributed by atoms with Crippen molar-refractivity contribution in [2.24, 2.45) is 0 Å². The lowest BCUT2D eigenvalue weighted by Gasteiger charge is -2.27. The Kier molecular flexibility index (Phi) is 11.4. The van der Waals surface area contributed by atoms with E-state index >= 15 is 0 Å². The first kappa shape index (κ1) is 37.4. The van der Waals surface area contributed by atoms with Crippen molar-refractivity contribution in [2.75, 3.05) is 20.2 Å². The molecule has 0 radical (unpaired) electrons. The predicted molar refractivity (Wildman–Crippen MR) is 191 cm³/mol. The minimum atomic E-state index is -1.41. The second kappa shape index (κ2) is 16.1. The molecule has 4 bridgehead atoms. The van der Waals surface area contributed by atoms with Crippen molar-refractivity contribution in [1.82, 2.24) is 46.5 Å². The molecule has 6 N–H and O–H groups in total. The lowest BCUT2D eigenvalue weighted by molar-refractivity contribution is -0.136. The number of ether oxygens (including phenoxy) is 1. The number of hydrogen-bond donors (Lipinski definition) is 6. The van der Waals surface area contributed by atoms with Gasteiger partial charge in [-0.2, -0.15) is 0 Å². The van der Waals surface area contributed by atoms with Gasteiger partial charge < -0.3 is 36.4 Å². The van der Waals surface area contributed by atoms with Crippen molar-refractivity contribution in [1.29, 1.82) is 0 Å². The van der Waals surface area contributed by atoms with Crippen LogP contribution in [0, 0.1) is 6.92 Å². The summed E-state index contributed by atoms with van der Waals surface area (Å²) < 4.78 is 7.70. The molecule has 282 valence electrons. The average Bonchev–Trinajstić information content (AvgIpc) is 3.60. The molecule has 1 aromatic heterocycles. The fourth-order valence-electron chi connectivity index (χ4n) is 6.71. The number of benzene rings is 2. The number of aliphatic hydroxyl groups excluding tert-OH is 1. The van der Waals surface area contributed by atoms with Crippen LogP contribution < -0.4 is 31.3 Å². The van der Waals surface area contributed by atoms with Crippen LogP contribution in [-0.4, -0.2) is 111 Å². The van der Waals surface area contributed by atoms with Crippen LogP contribution in [0.2, 0.25) is 0 Å². The summed E-state index contributed by atoms with van der Waals surface area (Å²) in [6, 6.07) is 11.1. The monoisotopic (exact) mass is 729 g/mol. The molecular weight excluding hydrogens is 682 g/mol. The van der Waals surface area contributed by atoms with Gasteiger partial charge in [0.25, 0.3) is 5.91 Å². The fraction of sp³-hybridized carbons (Fsp3) is 0.486. The number of hydrogen-bond acceptors (Lipinski definition) is 10. The van der Waals surface area contributed by atoms with E-state index in [0.29, 0.717) is 62.4 Å². The van der Waals surface area contributed by atoms with Gasteiger partial charge in [0.2, 0.25) is 23.6 Å². The molecule has 16 nitrogen and oxygen atoms in total. The first-order valence-corrected chi connectivity index (χ1v) is 18.0. The number of amides is 5. The molecule has 1 saturated heterocycles. The first-order chi connectivity index (χ1) is 25.4. The smallest absolute Gasteiger partial charge is 0.255 e. The molecule has 5 amide bonds. The summed E-state index contributed by atoms with van der Waals surface area (Å²) in [5.41, 5.74) is 1.33. The van der Waals surface area contributed by atoms with E-state index in [-0.39, 0.29) is 30.8 Å². The fourth-order valence-corrected chi connectivity index (χ4v) is 6.71. The van der Waals surface area contributed by atoms with Gasteiger partial charge in [-0.05, 0) is 63.4 Å². The largest absolute Gasteiger partial charge is 0.493 e. The van der Waals surface area contributed by atoms with Crippen molar-refractivity contribution in [3.8, 4) is 5.75 Å². The molecule has 53 heavy (non-hydrogen) atoms. The molecule has 0 unspecified atom stereocenters. The SMILES string of the molecule is Cc1ccc2c(c1)OCCCn1cc(nn1)CNC(=O)[C@H](Cc1ccccc1)NC(=O)[C@H]([C@@H](C)O)NC(=O)C1(CC1)NC(=O)[C@@H]1C[C@@H](CN1C)NC2=O. The number of nitrogens with one attached hydrogen (secondary N) is 5. The minimum Gasteiger partial charge on any atom is -0.493 e. The zero-order valence-electron chi connectivity index (χ0n) is 30.1. The Morgan fingerprint density at radius 2 is 1.77 bits per heavy atom. The van der Waals surface area contributed by atoms with Crippen LogP contribution in [0.15, 0.2) is 54.7 Å². The Balaban J connectivity index is 1.24. The zero-order valence-corrected chi connectivity index (χ0v) is 30.1. The Morgan fingerprint density at radius 1 is 1.00 bits per heavy atom. The third-order valence-corrected chi connectivity index (χ3v) is 9.90. The molecule has 3 heterocycles. The highest BCUT2D eigenvalue weighted by molar-refractivity contribution is 5.99. The van der Waals surface area contributed by atoms with Gasteiger partial charge in [-0.1, -0.05) is 41.6 Å². The van der Waals surface area contributed by atoms with Crippen molar-refractivity contribution in [3.63, 3.8) is 0 Å². The molecule has 1 saturated carbocycles. The molecular formula is C37H47N9O7. The molecule has 6 rings (SSSR count). The normalized spacial score (nSPS) is 25.2. The zero-order chi connectivity index (χ0) is 37.7. The van der Waals surface area contributed by atoms with E-state index in [4.69, 9.17) is 4.74 Å². The molecule has 1 spiro atoms. The minimum absolute atomic E-state index is 0.0359. The highest BCUT2D eigenvalue weighted by Crippen LogP contribution is 2.36. The van der Waals surface area contributed by atoms with Crippen LogP contribution in [0.1, 0.15) is 59.8 Å². The van der Waals surface area contributed by atoms with Gasteiger partial charge in [0.1, 0.15) is 29.1 Å². The van der Waals surface area contributed by atoms with E-state index in [9.17, 15) is 29.1 Å². The van der Waals surface area contributed by atoms with E-state index in [1.165, 1.54) is 6.92 Å². The number of carbonyl (C=O) groups excluding carboxylic acids is 5. The van der Waals surface area contributed by atoms with Crippen LogP contribution in [-0.2, 0) is 38.7 Å². The Labute approximate surface area is 307 Å². The van der Waals surface area contributed by atoms with Gasteiger partial charge in [0.15, 0.2) is 0 Å². The number of rotatable bonds is 3. The summed E-state index contributed by atoms with van der Waals surface area (Å²) in [6.07, 6.45) is 2.09. The van der Waals surface area contributed by atoms with E-state index in [1.807, 2.05) is 54.3 Å². The van der Waals surface area contributed by atoms with E-state index in [2.05, 4.69) is 36.9 Å². The molecule has 5 atom stereocenters. The third-order valence-electron chi connectivity index (χ3n) is 9.90. The van der Waals surface area contributed by atoms with Crippen LogP contribution >= 0.6 is 0 Å². The molecule has 2 aliphatic heterocycles. The van der Waals surface area contributed by atoms with Crippen LogP contribution in [0.3, 0.4) is 0 Å². The standard InChI is InChI=1S/C37H47N9O7/c1-22-10-11-27-30(16-22)53-15-7-14-46-21-26(43-44-46)19-38-33(49)28(17-24-8-5-4-6-9-24)40-35(51)31(23(2)47)41-36(52)37(12-13-37)42-34(50)29-18-25(20-45(29)3)39-32(27)48/h4-6,8-11,16,21,23,25,28-29,31,47H,7,12-15,17-20H2,1-3H3,(H,38,49)(H,39,48)(H,40,51)(H,41,52)(H,42,50)/t23-,25+,28+,29+,31+/m1/s1. The van der Waals surface area contributed by atoms with Crippen molar-refractivity contribution < 1.29 is 33.8 Å². The highest BCUT2D eigenvalue weighted by atomic mass is 16.5. The molecule has 1 aliphatic carbocycles. The Morgan fingerprint density at radius 3 is 2.51 bits per heavy atom. The van der Waals surface area contributed by atoms with E-state index < -0.39 is 47.5 Å².